The molecule has 0 radical (unpaired) electrons. The first-order chi connectivity index (χ1) is 13.1. The van der Waals surface area contributed by atoms with Crippen LogP contribution in [0.1, 0.15) is 35.2 Å². The molecule has 2 aromatic rings. The highest BCUT2D eigenvalue weighted by molar-refractivity contribution is 6.06. The van der Waals surface area contributed by atoms with E-state index in [9.17, 15) is 13.6 Å². The fourth-order valence-electron chi connectivity index (χ4n) is 3.60. The van der Waals surface area contributed by atoms with Crippen molar-refractivity contribution in [2.24, 2.45) is 0 Å². The van der Waals surface area contributed by atoms with E-state index in [1.807, 2.05) is 0 Å². The number of hydrogen-bond acceptors (Lipinski definition) is 3. The summed E-state index contributed by atoms with van der Waals surface area (Å²) in [7, 11) is 0. The lowest BCUT2D eigenvalue weighted by atomic mass is 10.0. The van der Waals surface area contributed by atoms with Crippen LogP contribution < -0.4 is 9.64 Å². The molecule has 0 aromatic heterocycles. The third-order valence-electron chi connectivity index (χ3n) is 5.05. The molecule has 1 amide bonds. The predicted molar refractivity (Wildman–Crippen MR) is 97.3 cm³/mol. The Hall–Kier alpha value is -2.47. The molecule has 0 saturated carbocycles. The summed E-state index contributed by atoms with van der Waals surface area (Å²) < 4.78 is 38.4. The Labute approximate surface area is 156 Å². The highest BCUT2D eigenvalue weighted by atomic mass is 19.2. The summed E-state index contributed by atoms with van der Waals surface area (Å²) >= 11 is 0. The summed E-state index contributed by atoms with van der Waals surface area (Å²) in [5, 5.41) is 0. The summed E-state index contributed by atoms with van der Waals surface area (Å²) in [6.45, 7) is 1.76. The van der Waals surface area contributed by atoms with Gasteiger partial charge in [0.2, 0.25) is 0 Å². The lowest BCUT2D eigenvalue weighted by Crippen LogP contribution is -2.35. The van der Waals surface area contributed by atoms with E-state index in [4.69, 9.17) is 9.47 Å². The Morgan fingerprint density at radius 1 is 1.15 bits per heavy atom. The summed E-state index contributed by atoms with van der Waals surface area (Å²) in [5.74, 6) is -1.37. The number of rotatable bonds is 4. The molecule has 0 unspecified atom stereocenters. The Morgan fingerprint density at radius 3 is 2.67 bits per heavy atom. The van der Waals surface area contributed by atoms with Gasteiger partial charge in [-0.15, -0.1) is 0 Å². The number of nitrogens with zero attached hydrogens (tertiary/aromatic N) is 1. The highest BCUT2D eigenvalue weighted by Crippen LogP contribution is 2.30. The number of aryl methyl sites for hydroxylation is 1. The number of carbonyl (C=O) groups is 1. The lowest BCUT2D eigenvalue weighted by Gasteiger charge is -2.29. The second-order valence-corrected chi connectivity index (χ2v) is 6.93. The van der Waals surface area contributed by atoms with Gasteiger partial charge in [-0.3, -0.25) is 4.79 Å². The van der Waals surface area contributed by atoms with Crippen LogP contribution in [0.2, 0.25) is 0 Å². The standard InChI is InChI=1S/C21H21F2NO3/c22-18-11-15-3-1-9-24(20(15)12-19(18)23)21(25)14-5-7-16(8-6-14)27-13-17-4-2-10-26-17/h5-8,11-12,17H,1-4,9-10,13H2/t17-/m0/s1. The molecule has 1 atom stereocenters. The van der Waals surface area contributed by atoms with Crippen molar-refractivity contribution < 1.29 is 23.0 Å². The predicted octanol–water partition coefficient (Wildman–Crippen LogP) is 4.12. The molecule has 0 aliphatic carbocycles. The van der Waals surface area contributed by atoms with Gasteiger partial charge in [0.25, 0.3) is 5.91 Å². The minimum Gasteiger partial charge on any atom is -0.491 e. The molecule has 2 aromatic carbocycles. The topological polar surface area (TPSA) is 38.8 Å². The maximum Gasteiger partial charge on any atom is 0.258 e. The first-order valence-electron chi connectivity index (χ1n) is 9.26. The lowest BCUT2D eigenvalue weighted by molar-refractivity contribution is 0.0679. The van der Waals surface area contributed by atoms with Gasteiger partial charge in [0.15, 0.2) is 11.6 Å². The van der Waals surface area contributed by atoms with Crippen molar-refractivity contribution in [1.82, 2.24) is 0 Å². The SMILES string of the molecule is O=C(c1ccc(OC[C@@H]2CCCO2)cc1)N1CCCc2cc(F)c(F)cc21. The molecule has 2 heterocycles. The first-order valence-corrected chi connectivity index (χ1v) is 9.26. The van der Waals surface area contributed by atoms with Crippen molar-refractivity contribution in [2.45, 2.75) is 31.8 Å². The molecule has 4 nitrogen and oxygen atoms in total. The van der Waals surface area contributed by atoms with E-state index in [1.54, 1.807) is 24.3 Å². The molecule has 0 bridgehead atoms. The van der Waals surface area contributed by atoms with Gasteiger partial charge in [-0.05, 0) is 61.6 Å². The highest BCUT2D eigenvalue weighted by Gasteiger charge is 2.25. The molecule has 142 valence electrons. The third kappa shape index (κ3) is 3.81. The largest absolute Gasteiger partial charge is 0.491 e. The van der Waals surface area contributed by atoms with E-state index in [2.05, 4.69) is 0 Å². The molecule has 1 fully saturated rings. The van der Waals surface area contributed by atoms with Crippen molar-refractivity contribution in [3.8, 4) is 5.75 Å². The van der Waals surface area contributed by atoms with Gasteiger partial charge in [0.1, 0.15) is 12.4 Å². The Kier molecular flexibility index (Phi) is 5.07. The van der Waals surface area contributed by atoms with Gasteiger partial charge < -0.3 is 14.4 Å². The zero-order valence-electron chi connectivity index (χ0n) is 14.9. The number of anilines is 1. The average Bonchev–Trinajstić information content (AvgIpc) is 3.20. The molecule has 4 rings (SSSR count). The minimum absolute atomic E-state index is 0.131. The van der Waals surface area contributed by atoms with Crippen LogP contribution in [0, 0.1) is 11.6 Å². The third-order valence-corrected chi connectivity index (χ3v) is 5.05. The number of benzene rings is 2. The van der Waals surface area contributed by atoms with Gasteiger partial charge in [-0.25, -0.2) is 8.78 Å². The van der Waals surface area contributed by atoms with Crippen molar-refractivity contribution in [3.05, 3.63) is 59.2 Å². The van der Waals surface area contributed by atoms with Gasteiger partial charge in [0.05, 0.1) is 11.8 Å². The van der Waals surface area contributed by atoms with Crippen LogP contribution in [-0.4, -0.2) is 31.8 Å². The van der Waals surface area contributed by atoms with Crippen LogP contribution in [0.25, 0.3) is 0 Å². The van der Waals surface area contributed by atoms with Crippen molar-refractivity contribution >= 4 is 11.6 Å². The number of ether oxygens (including phenoxy) is 2. The maximum atomic E-state index is 13.7. The van der Waals surface area contributed by atoms with Crippen LogP contribution in [0.5, 0.6) is 5.75 Å². The Balaban J connectivity index is 1.48. The van der Waals surface area contributed by atoms with Crippen molar-refractivity contribution in [3.63, 3.8) is 0 Å². The van der Waals surface area contributed by atoms with Crippen molar-refractivity contribution in [1.29, 1.82) is 0 Å². The van der Waals surface area contributed by atoms with E-state index in [1.165, 1.54) is 11.0 Å². The molecular weight excluding hydrogens is 352 g/mol. The van der Waals surface area contributed by atoms with Gasteiger partial charge in [0, 0.05) is 24.8 Å². The summed E-state index contributed by atoms with van der Waals surface area (Å²) in [6.07, 6.45) is 3.54. The van der Waals surface area contributed by atoms with E-state index in [-0.39, 0.29) is 12.0 Å². The van der Waals surface area contributed by atoms with Gasteiger partial charge in [-0.2, -0.15) is 0 Å². The molecule has 27 heavy (non-hydrogen) atoms. The van der Waals surface area contributed by atoms with E-state index in [0.29, 0.717) is 48.6 Å². The van der Waals surface area contributed by atoms with Crippen LogP contribution >= 0.6 is 0 Å². The molecule has 0 spiro atoms. The minimum atomic E-state index is -0.939. The summed E-state index contributed by atoms with van der Waals surface area (Å²) in [5.41, 5.74) is 1.59. The quantitative estimate of drug-likeness (QED) is 0.809. The zero-order valence-corrected chi connectivity index (χ0v) is 14.9. The number of hydrogen-bond donors (Lipinski definition) is 0. The van der Waals surface area contributed by atoms with Crippen molar-refractivity contribution in [2.75, 3.05) is 24.7 Å². The van der Waals surface area contributed by atoms with Crippen LogP contribution in [-0.2, 0) is 11.2 Å². The molecule has 2 aliphatic rings. The summed E-state index contributed by atoms with van der Waals surface area (Å²) in [4.78, 5) is 14.4. The Morgan fingerprint density at radius 2 is 1.93 bits per heavy atom. The van der Waals surface area contributed by atoms with E-state index >= 15 is 0 Å². The normalized spacial score (nSPS) is 19.0. The smallest absolute Gasteiger partial charge is 0.258 e. The summed E-state index contributed by atoms with van der Waals surface area (Å²) in [6, 6.07) is 9.19. The molecule has 1 saturated heterocycles. The molecule has 0 N–H and O–H groups in total. The Bertz CT molecular complexity index is 832. The number of fused-ring (bicyclic) bond motifs is 1. The number of carbonyl (C=O) groups excluding carboxylic acids is 1. The average molecular weight is 373 g/mol. The second-order valence-electron chi connectivity index (χ2n) is 6.93. The van der Waals surface area contributed by atoms with Gasteiger partial charge >= 0.3 is 0 Å². The molecule has 2 aliphatic heterocycles. The fourth-order valence-corrected chi connectivity index (χ4v) is 3.60. The van der Waals surface area contributed by atoms with Crippen LogP contribution in [0.15, 0.2) is 36.4 Å². The second kappa shape index (κ2) is 7.64. The number of amides is 1. The first kappa shape index (κ1) is 17.9. The van der Waals surface area contributed by atoms with Crippen LogP contribution in [0.4, 0.5) is 14.5 Å². The monoisotopic (exact) mass is 373 g/mol. The van der Waals surface area contributed by atoms with E-state index < -0.39 is 11.6 Å². The van der Waals surface area contributed by atoms with Crippen LogP contribution in [0.3, 0.4) is 0 Å². The maximum absolute atomic E-state index is 13.7. The fraction of sp³-hybridized carbons (Fsp3) is 0.381. The van der Waals surface area contributed by atoms with E-state index in [0.717, 1.165) is 25.5 Å². The zero-order chi connectivity index (χ0) is 18.8. The number of halogens is 2. The van der Waals surface area contributed by atoms with Gasteiger partial charge in [-0.1, -0.05) is 0 Å². The molecule has 6 heteroatoms. The molecular formula is C21H21F2NO3.